The molecule has 1 amide bonds. The molecule has 144 valence electrons. The number of carbonyl (C=O) groups excluding carboxylic acids is 1. The predicted octanol–water partition coefficient (Wildman–Crippen LogP) is 5.01. The summed E-state index contributed by atoms with van der Waals surface area (Å²) in [5.74, 6) is -0.742. The number of nitro benzene ring substituents is 1. The van der Waals surface area contributed by atoms with E-state index in [-0.39, 0.29) is 0 Å². The third-order valence-corrected chi connectivity index (χ3v) is 4.22. The lowest BCUT2D eigenvalue weighted by atomic mass is 10.1. The summed E-state index contributed by atoms with van der Waals surface area (Å²) in [6, 6.07) is 6.26. The summed E-state index contributed by atoms with van der Waals surface area (Å²) in [6.45, 7) is 3.20. The zero-order valence-electron chi connectivity index (χ0n) is 14.2. The Morgan fingerprint density at radius 1 is 1.22 bits per heavy atom. The van der Waals surface area contributed by atoms with Crippen molar-refractivity contribution in [2.45, 2.75) is 26.1 Å². The van der Waals surface area contributed by atoms with E-state index in [2.05, 4.69) is 10.6 Å². The van der Waals surface area contributed by atoms with E-state index in [9.17, 15) is 28.1 Å². The van der Waals surface area contributed by atoms with Crippen molar-refractivity contribution in [3.63, 3.8) is 0 Å². The van der Waals surface area contributed by atoms with Crippen LogP contribution < -0.4 is 10.6 Å². The van der Waals surface area contributed by atoms with Crippen LogP contribution in [0.1, 0.15) is 18.1 Å². The summed E-state index contributed by atoms with van der Waals surface area (Å²) in [7, 11) is 0. The minimum Gasteiger partial charge on any atom is -0.374 e. The highest BCUT2D eigenvalue weighted by atomic mass is 35.5. The third-order valence-electron chi connectivity index (χ3n) is 3.81. The van der Waals surface area contributed by atoms with Crippen molar-refractivity contribution in [3.05, 3.63) is 62.7 Å². The van der Waals surface area contributed by atoms with E-state index < -0.39 is 40.0 Å². The maximum atomic E-state index is 13.2. The molecule has 0 saturated carbocycles. The number of halogens is 4. The Hall–Kier alpha value is -2.81. The molecule has 0 radical (unpaired) electrons. The molecule has 0 aromatic heterocycles. The molecule has 0 bridgehead atoms. The SMILES string of the molecule is Cc1c(Cl)cccc1N[C@@H](C)C(=O)Nc1ccc([N+](=O)[O-])cc1C(F)(F)F. The van der Waals surface area contributed by atoms with Crippen LogP contribution in [0.4, 0.5) is 30.2 Å². The van der Waals surface area contributed by atoms with E-state index in [0.29, 0.717) is 22.3 Å². The van der Waals surface area contributed by atoms with Gasteiger partial charge in [-0.1, -0.05) is 17.7 Å². The molecule has 2 rings (SSSR count). The fourth-order valence-corrected chi connectivity index (χ4v) is 2.47. The van der Waals surface area contributed by atoms with Crippen molar-refractivity contribution >= 4 is 34.6 Å². The van der Waals surface area contributed by atoms with Crippen molar-refractivity contribution in [3.8, 4) is 0 Å². The van der Waals surface area contributed by atoms with E-state index in [0.717, 1.165) is 12.1 Å². The second-order valence-electron chi connectivity index (χ2n) is 5.75. The monoisotopic (exact) mass is 401 g/mol. The first-order chi connectivity index (χ1) is 12.5. The Kier molecular flexibility index (Phi) is 5.94. The summed E-state index contributed by atoms with van der Waals surface area (Å²) >= 11 is 6.00. The van der Waals surface area contributed by atoms with Crippen molar-refractivity contribution in [2.75, 3.05) is 10.6 Å². The van der Waals surface area contributed by atoms with Crippen LogP contribution in [0, 0.1) is 17.0 Å². The quantitative estimate of drug-likeness (QED) is 0.544. The van der Waals surface area contributed by atoms with Crippen molar-refractivity contribution in [1.29, 1.82) is 0 Å². The molecule has 0 fully saturated rings. The van der Waals surface area contributed by atoms with Crippen molar-refractivity contribution < 1.29 is 22.9 Å². The fraction of sp³-hybridized carbons (Fsp3) is 0.235. The van der Waals surface area contributed by atoms with Gasteiger partial charge in [0.15, 0.2) is 0 Å². The zero-order valence-corrected chi connectivity index (χ0v) is 15.0. The Morgan fingerprint density at radius 2 is 1.89 bits per heavy atom. The van der Waals surface area contributed by atoms with Crippen LogP contribution >= 0.6 is 11.6 Å². The number of nitrogens with zero attached hydrogens (tertiary/aromatic N) is 1. The van der Waals surface area contributed by atoms with Crippen LogP contribution in [-0.4, -0.2) is 16.9 Å². The van der Waals surface area contributed by atoms with Crippen LogP contribution in [0.3, 0.4) is 0 Å². The van der Waals surface area contributed by atoms with E-state index in [4.69, 9.17) is 11.6 Å². The molecule has 2 N–H and O–H groups in total. The summed E-state index contributed by atoms with van der Waals surface area (Å²) < 4.78 is 39.5. The number of rotatable bonds is 5. The topological polar surface area (TPSA) is 84.3 Å². The molecular formula is C17H15ClF3N3O3. The van der Waals surface area contributed by atoms with Gasteiger partial charge in [0.1, 0.15) is 6.04 Å². The number of non-ortho nitro benzene ring substituents is 1. The van der Waals surface area contributed by atoms with E-state index in [1.807, 2.05) is 0 Å². The molecule has 10 heteroatoms. The van der Waals surface area contributed by atoms with Gasteiger partial charge in [0.25, 0.3) is 5.69 Å². The minimum absolute atomic E-state index is 0.384. The first-order valence-electron chi connectivity index (χ1n) is 7.69. The van der Waals surface area contributed by atoms with Crippen LogP contribution in [0.25, 0.3) is 0 Å². The van der Waals surface area contributed by atoms with E-state index in [1.165, 1.54) is 6.92 Å². The molecule has 0 heterocycles. The van der Waals surface area contributed by atoms with Crippen molar-refractivity contribution in [2.24, 2.45) is 0 Å². The molecule has 27 heavy (non-hydrogen) atoms. The average molecular weight is 402 g/mol. The number of hydrogen-bond acceptors (Lipinski definition) is 4. The lowest BCUT2D eigenvalue weighted by molar-refractivity contribution is -0.385. The Morgan fingerprint density at radius 3 is 2.48 bits per heavy atom. The summed E-state index contributed by atoms with van der Waals surface area (Å²) in [5.41, 5.74) is -1.33. The molecule has 0 unspecified atom stereocenters. The largest absolute Gasteiger partial charge is 0.418 e. The molecule has 6 nitrogen and oxygen atoms in total. The van der Waals surface area contributed by atoms with Crippen LogP contribution in [-0.2, 0) is 11.0 Å². The van der Waals surface area contributed by atoms with Crippen LogP contribution in [0.5, 0.6) is 0 Å². The number of anilines is 2. The predicted molar refractivity (Wildman–Crippen MR) is 96.0 cm³/mol. The molecule has 2 aromatic carbocycles. The van der Waals surface area contributed by atoms with Crippen molar-refractivity contribution in [1.82, 2.24) is 0 Å². The van der Waals surface area contributed by atoms with Crippen LogP contribution in [0.2, 0.25) is 5.02 Å². The molecule has 0 saturated heterocycles. The lowest BCUT2D eigenvalue weighted by Gasteiger charge is -2.19. The zero-order chi connectivity index (χ0) is 20.4. The van der Waals surface area contributed by atoms with Gasteiger partial charge in [-0.3, -0.25) is 14.9 Å². The molecule has 0 spiro atoms. The average Bonchev–Trinajstić information content (AvgIpc) is 2.58. The Balaban J connectivity index is 2.24. The highest BCUT2D eigenvalue weighted by molar-refractivity contribution is 6.31. The van der Waals surface area contributed by atoms with Crippen LogP contribution in [0.15, 0.2) is 36.4 Å². The second-order valence-corrected chi connectivity index (χ2v) is 6.16. The minimum atomic E-state index is -4.87. The van der Waals surface area contributed by atoms with Gasteiger partial charge in [-0.2, -0.15) is 13.2 Å². The maximum absolute atomic E-state index is 13.2. The molecule has 2 aromatic rings. The highest BCUT2D eigenvalue weighted by Gasteiger charge is 2.36. The smallest absolute Gasteiger partial charge is 0.374 e. The number of amides is 1. The summed E-state index contributed by atoms with van der Waals surface area (Å²) in [4.78, 5) is 22.1. The number of benzene rings is 2. The number of carbonyl (C=O) groups is 1. The van der Waals surface area contributed by atoms with Gasteiger partial charge in [-0.15, -0.1) is 0 Å². The molecule has 0 aliphatic rings. The Bertz CT molecular complexity index is 887. The van der Waals surface area contributed by atoms with E-state index in [1.54, 1.807) is 25.1 Å². The highest BCUT2D eigenvalue weighted by Crippen LogP contribution is 2.37. The first-order valence-corrected chi connectivity index (χ1v) is 8.06. The first kappa shape index (κ1) is 20.5. The molecule has 0 aliphatic heterocycles. The van der Waals surface area contributed by atoms with E-state index >= 15 is 0 Å². The molecule has 1 atom stereocenters. The normalized spacial score (nSPS) is 12.4. The fourth-order valence-electron chi connectivity index (χ4n) is 2.29. The van der Waals surface area contributed by atoms with Gasteiger partial charge in [0.2, 0.25) is 5.91 Å². The number of nitrogens with one attached hydrogen (secondary N) is 2. The molecule has 0 aliphatic carbocycles. The third kappa shape index (κ3) is 4.88. The van der Waals surface area contributed by atoms with Gasteiger partial charge in [-0.25, -0.2) is 0 Å². The second kappa shape index (κ2) is 7.83. The Labute approximate surface area is 157 Å². The van der Waals surface area contributed by atoms with Gasteiger partial charge in [0, 0.05) is 22.8 Å². The number of nitro groups is 1. The molecular weight excluding hydrogens is 387 g/mol. The summed E-state index contributed by atoms with van der Waals surface area (Å²) in [5, 5.41) is 16.2. The van der Waals surface area contributed by atoms with Gasteiger partial charge in [0.05, 0.1) is 16.2 Å². The lowest BCUT2D eigenvalue weighted by Crippen LogP contribution is -2.32. The maximum Gasteiger partial charge on any atom is 0.418 e. The van der Waals surface area contributed by atoms with Gasteiger partial charge < -0.3 is 10.6 Å². The number of hydrogen-bond donors (Lipinski definition) is 2. The van der Waals surface area contributed by atoms with Gasteiger partial charge in [-0.05, 0) is 37.6 Å². The standard InChI is InChI=1S/C17H15ClF3N3O3/c1-9-13(18)4-3-5-14(9)22-10(2)16(25)23-15-7-6-11(24(26)27)8-12(15)17(19,20)21/h3-8,10,22H,1-2H3,(H,23,25)/t10-/m0/s1. The van der Waals surface area contributed by atoms with Gasteiger partial charge >= 0.3 is 6.18 Å². The summed E-state index contributed by atoms with van der Waals surface area (Å²) in [6.07, 6.45) is -4.87. The number of alkyl halides is 3.